The molecule has 0 bridgehead atoms. The molecule has 0 radical (unpaired) electrons. The summed E-state index contributed by atoms with van der Waals surface area (Å²) < 4.78 is 21.4. The molecule has 1 aromatic heterocycles. The zero-order chi connectivity index (χ0) is 19.3. The summed E-state index contributed by atoms with van der Waals surface area (Å²) in [6, 6.07) is 4.53. The van der Waals surface area contributed by atoms with Gasteiger partial charge in [0.25, 0.3) is 0 Å². The van der Waals surface area contributed by atoms with Crippen LogP contribution in [0, 0.1) is 0 Å². The number of nitrogens with zero attached hydrogens (tertiary/aromatic N) is 1. The summed E-state index contributed by atoms with van der Waals surface area (Å²) in [4.78, 5) is 0. The molecule has 146 valence electrons. The molecule has 0 unspecified atom stereocenters. The molecule has 0 saturated heterocycles. The van der Waals surface area contributed by atoms with Gasteiger partial charge in [0.15, 0.2) is 0 Å². The van der Waals surface area contributed by atoms with E-state index in [4.69, 9.17) is 8.44 Å². The molecule has 0 amide bonds. The second kappa shape index (κ2) is 9.30. The van der Waals surface area contributed by atoms with Crippen LogP contribution in [0.1, 0.15) is 86.5 Å². The van der Waals surface area contributed by atoms with Crippen LogP contribution in [-0.2, 0) is 41.1 Å². The Kier molecular flexibility index (Phi) is 8.59. The number of rotatable bonds is 11. The Hall–Kier alpha value is 0.0431. The predicted molar refractivity (Wildman–Crippen MR) is 101 cm³/mol. The summed E-state index contributed by atoms with van der Waals surface area (Å²) >= 11 is -3.98. The molecule has 0 aliphatic rings. The van der Waals surface area contributed by atoms with Crippen LogP contribution in [-0.4, -0.2) is 22.3 Å². The predicted octanol–water partition coefficient (Wildman–Crippen LogP) is 5.63. The summed E-state index contributed by atoms with van der Waals surface area (Å²) in [5.74, 6) is 0. The second-order valence-corrected chi connectivity index (χ2v) is 13.5. The average Bonchev–Trinajstić information content (AvgIpc) is 3.03. The molecule has 4 nitrogen and oxygen atoms in total. The van der Waals surface area contributed by atoms with E-state index in [2.05, 4.69) is 56.2 Å². The van der Waals surface area contributed by atoms with Gasteiger partial charge in [-0.2, -0.15) is 0 Å². The molecule has 0 atom stereocenters. The summed E-state index contributed by atoms with van der Waals surface area (Å²) in [5.41, 5.74) is 2.63. The quantitative estimate of drug-likeness (QED) is 0.454. The van der Waals surface area contributed by atoms with Crippen molar-refractivity contribution in [2.75, 3.05) is 19.8 Å². The van der Waals surface area contributed by atoms with Crippen LogP contribution in [0.25, 0.3) is 0 Å². The summed E-state index contributed by atoms with van der Waals surface area (Å²) in [7, 11) is 0. The third-order valence-corrected chi connectivity index (χ3v) is 12.6. The van der Waals surface area contributed by atoms with Gasteiger partial charge in [-0.1, -0.05) is 0 Å². The Morgan fingerprint density at radius 1 is 0.720 bits per heavy atom. The molecular weight excluding hydrogens is 393 g/mol. The molecule has 1 aromatic rings. The minimum atomic E-state index is -3.98. The molecule has 1 heterocycles. The first-order chi connectivity index (χ1) is 11.7. The number of hydrogen-bond acceptors (Lipinski definition) is 3. The molecule has 0 aliphatic heterocycles. The van der Waals surface area contributed by atoms with Gasteiger partial charge < -0.3 is 0 Å². The molecule has 0 spiro atoms. The SMILES string of the molecule is CC[O][Zr]([O]CC)([O]CC)[n]1c(C(C)(C)CC)ccc1C(C)(C)CC. The van der Waals surface area contributed by atoms with E-state index < -0.39 is 21.9 Å². The van der Waals surface area contributed by atoms with E-state index in [9.17, 15) is 0 Å². The van der Waals surface area contributed by atoms with Gasteiger partial charge in [0, 0.05) is 0 Å². The Labute approximate surface area is 161 Å². The van der Waals surface area contributed by atoms with Crippen LogP contribution in [0.3, 0.4) is 0 Å². The van der Waals surface area contributed by atoms with Crippen LogP contribution in [0.15, 0.2) is 12.1 Å². The van der Waals surface area contributed by atoms with Gasteiger partial charge in [-0.3, -0.25) is 0 Å². The molecule has 5 heteroatoms. The maximum atomic E-state index is 6.34. The Bertz CT molecular complexity index is 487. The van der Waals surface area contributed by atoms with Crippen LogP contribution >= 0.6 is 0 Å². The fourth-order valence-electron chi connectivity index (χ4n) is 3.02. The monoisotopic (exact) mass is 431 g/mol. The van der Waals surface area contributed by atoms with Crippen molar-refractivity contribution in [1.82, 2.24) is 2.51 Å². The Morgan fingerprint density at radius 2 is 1.04 bits per heavy atom. The van der Waals surface area contributed by atoms with E-state index in [1.807, 2.05) is 20.8 Å². The van der Waals surface area contributed by atoms with Gasteiger partial charge in [-0.25, -0.2) is 0 Å². The third-order valence-electron chi connectivity index (χ3n) is 5.29. The summed E-state index contributed by atoms with van der Waals surface area (Å²) in [6.07, 6.45) is 2.10. The van der Waals surface area contributed by atoms with Crippen LogP contribution < -0.4 is 0 Å². The summed E-state index contributed by atoms with van der Waals surface area (Å²) in [6.45, 7) is 21.6. The van der Waals surface area contributed by atoms with Gasteiger partial charge in [-0.05, 0) is 0 Å². The first kappa shape index (κ1) is 23.1. The van der Waals surface area contributed by atoms with E-state index >= 15 is 0 Å². The number of hydrogen-bond donors (Lipinski definition) is 0. The van der Waals surface area contributed by atoms with Crippen molar-refractivity contribution in [2.45, 2.75) is 86.0 Å². The van der Waals surface area contributed by atoms with Crippen molar-refractivity contribution in [3.63, 3.8) is 0 Å². The molecule has 25 heavy (non-hydrogen) atoms. The third kappa shape index (κ3) is 4.86. The van der Waals surface area contributed by atoms with Crippen molar-refractivity contribution in [3.8, 4) is 0 Å². The van der Waals surface area contributed by atoms with E-state index in [1.165, 1.54) is 11.4 Å². The van der Waals surface area contributed by atoms with Crippen molar-refractivity contribution < 1.29 is 30.3 Å². The fourth-order valence-corrected chi connectivity index (χ4v) is 10.6. The zero-order valence-corrected chi connectivity index (χ0v) is 20.3. The molecule has 0 N–H and O–H groups in total. The maximum absolute atomic E-state index is 6.34. The van der Waals surface area contributed by atoms with Crippen molar-refractivity contribution in [2.24, 2.45) is 0 Å². The van der Waals surface area contributed by atoms with E-state index in [1.54, 1.807) is 0 Å². The van der Waals surface area contributed by atoms with Gasteiger partial charge in [0.2, 0.25) is 0 Å². The van der Waals surface area contributed by atoms with Gasteiger partial charge in [0.1, 0.15) is 0 Å². The standard InChI is InChI=1S/C14H24N.3C2H5O.Zr/c1-7-13(3,4)11-9-10-12(15-11)14(5,6)8-2;3*1-2-3;/h9-10H,7-8H2,1-6H3;3*2H2,1H3;/q4*-1;+4. The zero-order valence-electron chi connectivity index (χ0n) is 17.9. The molecule has 1 rings (SSSR count). The Balaban J connectivity index is 3.77. The summed E-state index contributed by atoms with van der Waals surface area (Å²) in [5, 5.41) is 0. The van der Waals surface area contributed by atoms with Crippen molar-refractivity contribution in [3.05, 3.63) is 23.5 Å². The molecular formula is C20H39NO3Zr. The van der Waals surface area contributed by atoms with E-state index in [0.717, 1.165) is 12.8 Å². The van der Waals surface area contributed by atoms with E-state index in [0.29, 0.717) is 19.8 Å². The number of aromatic nitrogens is 1. The second-order valence-electron chi connectivity index (χ2n) is 7.74. The van der Waals surface area contributed by atoms with Crippen LogP contribution in [0.5, 0.6) is 0 Å². The fraction of sp³-hybridized carbons (Fsp3) is 0.800. The van der Waals surface area contributed by atoms with Crippen molar-refractivity contribution >= 4 is 0 Å². The average molecular weight is 433 g/mol. The first-order valence-electron chi connectivity index (χ1n) is 9.80. The molecule has 0 aliphatic carbocycles. The minimum absolute atomic E-state index is 0.0372. The molecule has 0 aromatic carbocycles. The normalized spacial score (nSPS) is 13.5. The van der Waals surface area contributed by atoms with Crippen molar-refractivity contribution in [1.29, 1.82) is 0 Å². The van der Waals surface area contributed by atoms with Gasteiger partial charge >= 0.3 is 162 Å². The molecule has 0 saturated carbocycles. The molecule has 0 fully saturated rings. The van der Waals surface area contributed by atoms with Gasteiger partial charge in [0.05, 0.1) is 0 Å². The van der Waals surface area contributed by atoms with Crippen LogP contribution in [0.4, 0.5) is 0 Å². The first-order valence-corrected chi connectivity index (χ1v) is 13.9. The topological polar surface area (TPSA) is 32.6 Å². The van der Waals surface area contributed by atoms with Crippen LogP contribution in [0.2, 0.25) is 0 Å². The van der Waals surface area contributed by atoms with E-state index in [-0.39, 0.29) is 10.8 Å². The van der Waals surface area contributed by atoms with Gasteiger partial charge in [-0.15, -0.1) is 0 Å². The Morgan fingerprint density at radius 3 is 1.28 bits per heavy atom.